The molecule has 2 N–H and O–H groups in total. The van der Waals surface area contributed by atoms with Crippen LogP contribution in [0, 0.1) is 0 Å². The fourth-order valence-corrected chi connectivity index (χ4v) is 2.20. The van der Waals surface area contributed by atoms with Gasteiger partial charge in [0, 0.05) is 40.6 Å². The first-order valence-electron chi connectivity index (χ1n) is 5.80. The molecule has 19 heavy (non-hydrogen) atoms. The number of aryl methyl sites for hydroxylation is 1. The molecule has 0 aliphatic heterocycles. The number of nitrogens with one attached hydrogen (secondary N) is 1. The Balaban J connectivity index is 0.00000133. The van der Waals surface area contributed by atoms with Gasteiger partial charge in [-0.25, -0.2) is 0 Å². The molecule has 2 heterocycles. The molecule has 0 aliphatic carbocycles. The summed E-state index contributed by atoms with van der Waals surface area (Å²) in [5.74, 6) is -0.768. The lowest BCUT2D eigenvalue weighted by Crippen LogP contribution is -1.97. The van der Waals surface area contributed by atoms with Gasteiger partial charge in [-0.1, -0.05) is 12.1 Å². The number of pyridine rings is 1. The number of fused-ring (bicyclic) bond motifs is 3. The van der Waals surface area contributed by atoms with Crippen molar-refractivity contribution in [3.63, 3.8) is 0 Å². The number of carboxylic acid groups (broad SMARTS) is 1. The molecule has 4 nitrogen and oxygen atoms in total. The monoisotopic (exact) mass is 276 g/mol. The van der Waals surface area contributed by atoms with Crippen LogP contribution in [-0.2, 0) is 11.2 Å². The molecule has 0 aliphatic rings. The van der Waals surface area contributed by atoms with Crippen molar-refractivity contribution in [2.24, 2.45) is 0 Å². The van der Waals surface area contributed by atoms with Gasteiger partial charge in [0.25, 0.3) is 0 Å². The fraction of sp³-hybridized carbons (Fsp3) is 0.143. The van der Waals surface area contributed by atoms with Gasteiger partial charge in [0.1, 0.15) is 0 Å². The molecule has 3 rings (SSSR count). The zero-order valence-electron chi connectivity index (χ0n) is 10.1. The second-order valence-electron chi connectivity index (χ2n) is 4.32. The predicted octanol–water partition coefficient (Wildman–Crippen LogP) is 3.16. The van der Waals surface area contributed by atoms with Crippen molar-refractivity contribution in [1.29, 1.82) is 0 Å². The Labute approximate surface area is 115 Å². The number of carbonyl (C=O) groups is 1. The predicted molar refractivity (Wildman–Crippen MR) is 76.8 cm³/mol. The molecule has 0 fully saturated rings. The maximum Gasteiger partial charge on any atom is 0.303 e. The smallest absolute Gasteiger partial charge is 0.303 e. The number of hydrogen-bond donors (Lipinski definition) is 2. The fourth-order valence-electron chi connectivity index (χ4n) is 2.20. The Morgan fingerprint density at radius 1 is 1.21 bits per heavy atom. The molecular formula is C14H13ClN2O2. The summed E-state index contributed by atoms with van der Waals surface area (Å²) in [5, 5.41) is 10.9. The van der Waals surface area contributed by atoms with E-state index in [-0.39, 0.29) is 18.8 Å². The number of hydrogen-bond acceptors (Lipinski definition) is 2. The largest absolute Gasteiger partial charge is 0.481 e. The Bertz CT molecular complexity index is 736. The van der Waals surface area contributed by atoms with Crippen molar-refractivity contribution < 1.29 is 9.90 Å². The highest BCUT2D eigenvalue weighted by Crippen LogP contribution is 2.25. The second-order valence-corrected chi connectivity index (χ2v) is 4.32. The van der Waals surface area contributed by atoms with Crippen LogP contribution in [0.25, 0.3) is 21.8 Å². The van der Waals surface area contributed by atoms with Gasteiger partial charge in [-0.3, -0.25) is 9.78 Å². The lowest BCUT2D eigenvalue weighted by atomic mass is 10.1. The molecular weight excluding hydrogens is 264 g/mol. The van der Waals surface area contributed by atoms with Crippen LogP contribution in [0.1, 0.15) is 12.0 Å². The lowest BCUT2D eigenvalue weighted by Gasteiger charge is -1.98. The summed E-state index contributed by atoms with van der Waals surface area (Å²) in [6.07, 6.45) is 4.31. The number of halogens is 1. The van der Waals surface area contributed by atoms with E-state index in [1.165, 1.54) is 0 Å². The average molecular weight is 277 g/mol. The Hall–Kier alpha value is -2.07. The number of carboxylic acids is 1. The zero-order chi connectivity index (χ0) is 12.5. The van der Waals surface area contributed by atoms with Crippen LogP contribution in [0.4, 0.5) is 0 Å². The standard InChI is InChI=1S/C14H12N2O2.ClH/c17-14(18)4-2-9-1-3-10-11-8-15-6-5-12(11)16-13(10)7-9;/h1,3,5-8,16H,2,4H2,(H,17,18);1H. The minimum Gasteiger partial charge on any atom is -0.481 e. The molecule has 0 radical (unpaired) electrons. The number of aromatic nitrogens is 2. The average Bonchev–Trinajstić information content (AvgIpc) is 2.73. The molecule has 1 aromatic carbocycles. The molecule has 0 saturated heterocycles. The maximum atomic E-state index is 10.6. The number of aromatic amines is 1. The molecule has 0 bridgehead atoms. The van der Waals surface area contributed by atoms with Gasteiger partial charge in [-0.2, -0.15) is 0 Å². The second kappa shape index (κ2) is 5.28. The van der Waals surface area contributed by atoms with Crippen LogP contribution in [0.15, 0.2) is 36.7 Å². The van der Waals surface area contributed by atoms with Gasteiger partial charge in [0.05, 0.1) is 0 Å². The van der Waals surface area contributed by atoms with Crippen molar-refractivity contribution in [1.82, 2.24) is 9.97 Å². The lowest BCUT2D eigenvalue weighted by molar-refractivity contribution is -0.136. The number of H-pyrrole nitrogens is 1. The number of aliphatic carboxylic acids is 1. The van der Waals surface area contributed by atoms with Gasteiger partial charge in [-0.15, -0.1) is 12.4 Å². The molecule has 0 spiro atoms. The third-order valence-corrected chi connectivity index (χ3v) is 3.09. The number of nitrogens with zero attached hydrogens (tertiary/aromatic N) is 1. The molecule has 0 unspecified atom stereocenters. The maximum absolute atomic E-state index is 10.6. The van der Waals surface area contributed by atoms with Crippen LogP contribution in [0.3, 0.4) is 0 Å². The quantitative estimate of drug-likeness (QED) is 0.772. The number of rotatable bonds is 3. The third kappa shape index (κ3) is 2.53. The Morgan fingerprint density at radius 2 is 2.05 bits per heavy atom. The summed E-state index contributed by atoms with van der Waals surface area (Å²) in [4.78, 5) is 18.0. The molecule has 0 amide bonds. The van der Waals surface area contributed by atoms with E-state index >= 15 is 0 Å². The van der Waals surface area contributed by atoms with Crippen molar-refractivity contribution in [2.45, 2.75) is 12.8 Å². The normalized spacial score (nSPS) is 10.5. The minimum absolute atomic E-state index is 0. The Kier molecular flexibility index (Phi) is 3.71. The van der Waals surface area contributed by atoms with E-state index in [9.17, 15) is 4.79 Å². The van der Waals surface area contributed by atoms with Crippen LogP contribution >= 0.6 is 12.4 Å². The summed E-state index contributed by atoms with van der Waals surface area (Å²) in [7, 11) is 0. The van der Waals surface area contributed by atoms with E-state index in [0.29, 0.717) is 6.42 Å². The molecule has 5 heteroatoms. The van der Waals surface area contributed by atoms with Crippen molar-refractivity contribution >= 4 is 40.2 Å². The van der Waals surface area contributed by atoms with Crippen molar-refractivity contribution in [3.05, 3.63) is 42.2 Å². The van der Waals surface area contributed by atoms with E-state index in [4.69, 9.17) is 5.11 Å². The first-order chi connectivity index (χ1) is 8.74. The molecule has 2 aromatic heterocycles. The molecule has 0 saturated carbocycles. The van der Waals surface area contributed by atoms with Gasteiger partial charge in [0.15, 0.2) is 0 Å². The topological polar surface area (TPSA) is 66.0 Å². The summed E-state index contributed by atoms with van der Waals surface area (Å²) in [5.41, 5.74) is 3.11. The van der Waals surface area contributed by atoms with E-state index in [0.717, 1.165) is 27.4 Å². The van der Waals surface area contributed by atoms with Gasteiger partial charge in [-0.05, 0) is 24.1 Å². The highest BCUT2D eigenvalue weighted by Gasteiger charge is 2.05. The van der Waals surface area contributed by atoms with Crippen LogP contribution < -0.4 is 0 Å². The summed E-state index contributed by atoms with van der Waals surface area (Å²) in [6.45, 7) is 0. The summed E-state index contributed by atoms with van der Waals surface area (Å²) in [6, 6.07) is 7.95. The van der Waals surface area contributed by atoms with Crippen molar-refractivity contribution in [3.8, 4) is 0 Å². The van der Waals surface area contributed by atoms with E-state index < -0.39 is 5.97 Å². The summed E-state index contributed by atoms with van der Waals surface area (Å²) < 4.78 is 0. The first kappa shape index (κ1) is 13.4. The van der Waals surface area contributed by atoms with E-state index in [1.807, 2.05) is 30.5 Å². The molecule has 3 aromatic rings. The molecule has 98 valence electrons. The van der Waals surface area contributed by atoms with Crippen LogP contribution in [0.5, 0.6) is 0 Å². The van der Waals surface area contributed by atoms with Crippen LogP contribution in [-0.4, -0.2) is 21.0 Å². The third-order valence-electron chi connectivity index (χ3n) is 3.09. The molecule has 0 atom stereocenters. The highest BCUT2D eigenvalue weighted by atomic mass is 35.5. The van der Waals surface area contributed by atoms with Gasteiger partial charge >= 0.3 is 5.97 Å². The van der Waals surface area contributed by atoms with E-state index in [2.05, 4.69) is 9.97 Å². The Morgan fingerprint density at radius 3 is 2.84 bits per heavy atom. The minimum atomic E-state index is -0.768. The van der Waals surface area contributed by atoms with Crippen molar-refractivity contribution in [2.75, 3.05) is 0 Å². The number of benzene rings is 1. The first-order valence-corrected chi connectivity index (χ1v) is 5.80. The summed E-state index contributed by atoms with van der Waals surface area (Å²) >= 11 is 0. The SMILES string of the molecule is Cl.O=C(O)CCc1ccc2c(c1)[nH]c1ccncc12. The van der Waals surface area contributed by atoms with Gasteiger partial charge in [0.2, 0.25) is 0 Å². The van der Waals surface area contributed by atoms with Gasteiger partial charge < -0.3 is 10.1 Å². The van der Waals surface area contributed by atoms with E-state index in [1.54, 1.807) is 6.20 Å². The zero-order valence-corrected chi connectivity index (χ0v) is 10.9. The van der Waals surface area contributed by atoms with Crippen LogP contribution in [0.2, 0.25) is 0 Å². The highest BCUT2D eigenvalue weighted by molar-refractivity contribution is 6.06.